The van der Waals surface area contributed by atoms with Gasteiger partial charge in [-0.3, -0.25) is 4.79 Å². The van der Waals surface area contributed by atoms with Crippen molar-refractivity contribution in [1.29, 1.82) is 0 Å². The zero-order valence-electron chi connectivity index (χ0n) is 17.2. The van der Waals surface area contributed by atoms with Crippen LogP contribution in [0.5, 0.6) is 0 Å². The lowest BCUT2D eigenvalue weighted by atomic mass is 9.97. The van der Waals surface area contributed by atoms with Gasteiger partial charge in [0.05, 0.1) is 0 Å². The van der Waals surface area contributed by atoms with Gasteiger partial charge >= 0.3 is 5.97 Å². The maximum absolute atomic E-state index is 13.2. The highest BCUT2D eigenvalue weighted by atomic mass is 16.5. The summed E-state index contributed by atoms with van der Waals surface area (Å²) in [7, 11) is 0. The van der Waals surface area contributed by atoms with Gasteiger partial charge in [-0.25, -0.2) is 0 Å². The highest BCUT2D eigenvalue weighted by molar-refractivity contribution is 5.93. The number of esters is 1. The first kappa shape index (κ1) is 19.1. The van der Waals surface area contributed by atoms with Crippen molar-refractivity contribution >= 4 is 5.97 Å². The third-order valence-corrected chi connectivity index (χ3v) is 6.45. The Kier molecular flexibility index (Phi) is 5.37. The summed E-state index contributed by atoms with van der Waals surface area (Å²) in [5.74, 6) is -0.399. The van der Waals surface area contributed by atoms with Gasteiger partial charge in [0.1, 0.15) is 12.0 Å². The maximum Gasteiger partial charge on any atom is 0.318 e. The average molecular weight is 398 g/mol. The molecule has 3 aromatic rings. The lowest BCUT2D eigenvalue weighted by Crippen LogP contribution is -2.39. The van der Waals surface area contributed by atoms with E-state index in [4.69, 9.17) is 4.74 Å². The summed E-state index contributed by atoms with van der Waals surface area (Å²) in [6.07, 6.45) is 2.92. The Hall–Kier alpha value is -2.91. The molecule has 1 aliphatic heterocycles. The highest BCUT2D eigenvalue weighted by Gasteiger charge is 2.36. The van der Waals surface area contributed by atoms with Gasteiger partial charge in [-0.05, 0) is 47.1 Å². The van der Waals surface area contributed by atoms with Gasteiger partial charge < -0.3 is 9.64 Å². The second kappa shape index (κ2) is 8.45. The number of rotatable bonds is 5. The first-order chi connectivity index (χ1) is 14.8. The molecule has 3 nitrogen and oxygen atoms in total. The Bertz CT molecular complexity index is 976. The molecule has 0 aromatic heterocycles. The fourth-order valence-corrected chi connectivity index (χ4v) is 4.82. The molecular formula is C27H27NO2. The number of carbonyl (C=O) groups excluding carboxylic acids is 1. The van der Waals surface area contributed by atoms with E-state index in [2.05, 4.69) is 59.5 Å². The van der Waals surface area contributed by atoms with Crippen LogP contribution in [0, 0.1) is 0 Å². The molecule has 1 aliphatic carbocycles. The SMILES string of the molecule is O=C(OC1CCN(CCc2ccccc2)CC1)C1c2ccccc2-c2ccccc21. The van der Waals surface area contributed by atoms with E-state index in [9.17, 15) is 4.79 Å². The minimum absolute atomic E-state index is 0.0189. The van der Waals surface area contributed by atoms with E-state index in [1.807, 2.05) is 24.3 Å². The monoisotopic (exact) mass is 397 g/mol. The summed E-state index contributed by atoms with van der Waals surface area (Å²) in [6.45, 7) is 3.04. The fourth-order valence-electron chi connectivity index (χ4n) is 4.82. The molecule has 2 aliphatic rings. The van der Waals surface area contributed by atoms with Gasteiger partial charge in [0.25, 0.3) is 0 Å². The lowest BCUT2D eigenvalue weighted by molar-refractivity contribution is -0.151. The van der Waals surface area contributed by atoms with Crippen molar-refractivity contribution in [2.24, 2.45) is 0 Å². The number of hydrogen-bond donors (Lipinski definition) is 0. The maximum atomic E-state index is 13.2. The van der Waals surface area contributed by atoms with Crippen LogP contribution in [0.3, 0.4) is 0 Å². The van der Waals surface area contributed by atoms with E-state index in [0.29, 0.717) is 0 Å². The summed E-state index contributed by atoms with van der Waals surface area (Å²) < 4.78 is 6.03. The molecule has 3 aromatic carbocycles. The molecule has 3 heteroatoms. The Morgan fingerprint density at radius 3 is 2.00 bits per heavy atom. The molecular weight excluding hydrogens is 370 g/mol. The van der Waals surface area contributed by atoms with Crippen LogP contribution in [0.25, 0.3) is 11.1 Å². The topological polar surface area (TPSA) is 29.5 Å². The van der Waals surface area contributed by atoms with E-state index < -0.39 is 0 Å². The van der Waals surface area contributed by atoms with Crippen LogP contribution >= 0.6 is 0 Å². The van der Waals surface area contributed by atoms with Crippen LogP contribution in [-0.2, 0) is 16.0 Å². The molecule has 0 amide bonds. The van der Waals surface area contributed by atoms with Gasteiger partial charge in [0.15, 0.2) is 0 Å². The van der Waals surface area contributed by atoms with Crippen LogP contribution in [-0.4, -0.2) is 36.6 Å². The number of piperidine rings is 1. The van der Waals surface area contributed by atoms with Crippen LogP contribution in [0.4, 0.5) is 0 Å². The van der Waals surface area contributed by atoms with Crippen molar-refractivity contribution in [2.45, 2.75) is 31.3 Å². The smallest absolute Gasteiger partial charge is 0.318 e. The summed E-state index contributed by atoms with van der Waals surface area (Å²) >= 11 is 0. The minimum atomic E-state index is -0.298. The van der Waals surface area contributed by atoms with Crippen LogP contribution < -0.4 is 0 Å². The predicted octanol–water partition coefficient (Wildman–Crippen LogP) is 5.05. The molecule has 0 unspecified atom stereocenters. The van der Waals surface area contributed by atoms with E-state index in [0.717, 1.165) is 61.2 Å². The number of benzene rings is 3. The van der Waals surface area contributed by atoms with Gasteiger partial charge in [0.2, 0.25) is 0 Å². The molecule has 0 radical (unpaired) electrons. The zero-order valence-corrected chi connectivity index (χ0v) is 17.2. The third-order valence-electron chi connectivity index (χ3n) is 6.45. The van der Waals surface area contributed by atoms with Crippen molar-refractivity contribution < 1.29 is 9.53 Å². The number of nitrogens with zero attached hydrogens (tertiary/aromatic N) is 1. The van der Waals surface area contributed by atoms with Gasteiger partial charge in [0, 0.05) is 19.6 Å². The second-order valence-electron chi connectivity index (χ2n) is 8.32. The third kappa shape index (κ3) is 3.78. The normalized spacial score (nSPS) is 16.8. The van der Waals surface area contributed by atoms with Crippen LogP contribution in [0.15, 0.2) is 78.9 Å². The standard InChI is InChI=1S/C27H27NO2/c29-27(26-24-12-6-4-10-22(24)23-11-5-7-13-25(23)26)30-21-15-18-28(19-16-21)17-14-20-8-2-1-3-9-20/h1-13,21,26H,14-19H2. The number of ether oxygens (including phenoxy) is 1. The Morgan fingerprint density at radius 1 is 0.800 bits per heavy atom. The first-order valence-electron chi connectivity index (χ1n) is 10.9. The molecule has 152 valence electrons. The highest BCUT2D eigenvalue weighted by Crippen LogP contribution is 2.45. The average Bonchev–Trinajstić information content (AvgIpc) is 3.14. The van der Waals surface area contributed by atoms with Crippen molar-refractivity contribution in [3.63, 3.8) is 0 Å². The molecule has 0 bridgehead atoms. The van der Waals surface area contributed by atoms with E-state index in [-0.39, 0.29) is 18.0 Å². The van der Waals surface area contributed by atoms with Crippen molar-refractivity contribution in [3.8, 4) is 11.1 Å². The summed E-state index contributed by atoms with van der Waals surface area (Å²) in [5, 5.41) is 0. The number of carbonyl (C=O) groups is 1. The quantitative estimate of drug-likeness (QED) is 0.564. The van der Waals surface area contributed by atoms with E-state index in [1.165, 1.54) is 5.56 Å². The zero-order chi connectivity index (χ0) is 20.3. The van der Waals surface area contributed by atoms with Crippen molar-refractivity contribution in [3.05, 3.63) is 95.6 Å². The summed E-state index contributed by atoms with van der Waals surface area (Å²) in [6, 6.07) is 27.1. The number of likely N-dealkylation sites (tertiary alicyclic amines) is 1. The predicted molar refractivity (Wildman–Crippen MR) is 119 cm³/mol. The molecule has 0 N–H and O–H groups in total. The van der Waals surface area contributed by atoms with Gasteiger partial charge in [-0.1, -0.05) is 78.9 Å². The fraction of sp³-hybridized carbons (Fsp3) is 0.296. The molecule has 1 heterocycles. The van der Waals surface area contributed by atoms with E-state index in [1.54, 1.807) is 0 Å². The van der Waals surface area contributed by atoms with Gasteiger partial charge in [-0.2, -0.15) is 0 Å². The Morgan fingerprint density at radius 2 is 1.37 bits per heavy atom. The molecule has 0 spiro atoms. The summed E-state index contributed by atoms with van der Waals surface area (Å²) in [4.78, 5) is 15.7. The Balaban J connectivity index is 1.20. The van der Waals surface area contributed by atoms with Crippen molar-refractivity contribution in [2.75, 3.05) is 19.6 Å². The molecule has 5 rings (SSSR count). The molecule has 30 heavy (non-hydrogen) atoms. The van der Waals surface area contributed by atoms with E-state index >= 15 is 0 Å². The molecule has 0 atom stereocenters. The van der Waals surface area contributed by atoms with Gasteiger partial charge in [-0.15, -0.1) is 0 Å². The molecule has 0 saturated carbocycles. The lowest BCUT2D eigenvalue weighted by Gasteiger charge is -2.32. The first-order valence-corrected chi connectivity index (χ1v) is 10.9. The largest absolute Gasteiger partial charge is 0.462 e. The van der Waals surface area contributed by atoms with Crippen LogP contribution in [0.1, 0.15) is 35.4 Å². The number of hydrogen-bond acceptors (Lipinski definition) is 3. The number of fused-ring (bicyclic) bond motifs is 3. The molecule has 1 fully saturated rings. The Labute approximate surface area is 178 Å². The molecule has 1 saturated heterocycles. The minimum Gasteiger partial charge on any atom is -0.462 e. The van der Waals surface area contributed by atoms with Crippen LogP contribution in [0.2, 0.25) is 0 Å². The van der Waals surface area contributed by atoms with Crippen molar-refractivity contribution in [1.82, 2.24) is 4.90 Å². The second-order valence-corrected chi connectivity index (χ2v) is 8.32. The summed E-state index contributed by atoms with van der Waals surface area (Å²) in [5.41, 5.74) is 5.84.